The first-order chi connectivity index (χ1) is 18.8. The summed E-state index contributed by atoms with van der Waals surface area (Å²) < 4.78 is 35.3. The summed E-state index contributed by atoms with van der Waals surface area (Å²) in [6.45, 7) is 3.21. The number of amides is 1. The monoisotopic (exact) mass is 567 g/mol. The van der Waals surface area contributed by atoms with Crippen molar-refractivity contribution in [2.75, 3.05) is 25.0 Å². The molecule has 2 heterocycles. The Bertz CT molecular complexity index is 1660. The normalized spacial score (nSPS) is 14.8. The van der Waals surface area contributed by atoms with E-state index in [-0.39, 0.29) is 15.5 Å². The molecule has 1 N–H and O–H groups in total. The fraction of sp³-hybridized carbons (Fsp3) is 0.310. The van der Waals surface area contributed by atoms with E-state index in [9.17, 15) is 18.0 Å². The summed E-state index contributed by atoms with van der Waals surface area (Å²) >= 11 is 6.23. The molecule has 0 radical (unpaired) electrons. The van der Waals surface area contributed by atoms with Crippen molar-refractivity contribution in [2.24, 2.45) is 0 Å². The molecule has 0 spiro atoms. The second kappa shape index (κ2) is 11.4. The van der Waals surface area contributed by atoms with E-state index in [1.807, 2.05) is 36.4 Å². The van der Waals surface area contributed by atoms with Gasteiger partial charge in [-0.25, -0.2) is 13.2 Å². The number of halogens is 1. The standard InChI is InChI=1S/C29H30ClN3O5S/c1-2-33-25-10-6-5-9-22(25)23-18-21(12-14-26(23)33)31-28(34)19-38-29(35)20-11-13-24(30)27(17-20)39(36,37)32-15-7-3-4-8-16-32/h5-6,9-14,17-18H,2-4,7-8,15-16,19H2,1H3,(H,31,34). The molecule has 8 nitrogen and oxygen atoms in total. The molecule has 1 fully saturated rings. The Morgan fingerprint density at radius 3 is 2.38 bits per heavy atom. The number of hydrogen-bond donors (Lipinski definition) is 1. The zero-order valence-corrected chi connectivity index (χ0v) is 23.2. The Labute approximate surface area is 232 Å². The number of carbonyl (C=O) groups is 2. The number of nitrogens with zero attached hydrogens (tertiary/aromatic N) is 2. The Morgan fingerprint density at radius 2 is 1.64 bits per heavy atom. The summed E-state index contributed by atoms with van der Waals surface area (Å²) in [4.78, 5) is 25.2. The maximum Gasteiger partial charge on any atom is 0.338 e. The lowest BCUT2D eigenvalue weighted by Gasteiger charge is -2.21. The van der Waals surface area contributed by atoms with Crippen molar-refractivity contribution in [3.63, 3.8) is 0 Å². The minimum atomic E-state index is -3.87. The largest absolute Gasteiger partial charge is 0.452 e. The minimum Gasteiger partial charge on any atom is -0.452 e. The zero-order chi connectivity index (χ0) is 27.6. The van der Waals surface area contributed by atoms with Crippen LogP contribution in [-0.2, 0) is 26.1 Å². The number of aromatic nitrogens is 1. The van der Waals surface area contributed by atoms with Crippen LogP contribution in [-0.4, -0.2) is 48.9 Å². The van der Waals surface area contributed by atoms with E-state index in [1.165, 1.54) is 22.5 Å². The van der Waals surface area contributed by atoms with Gasteiger partial charge >= 0.3 is 5.97 Å². The van der Waals surface area contributed by atoms with Gasteiger partial charge in [-0.2, -0.15) is 4.31 Å². The van der Waals surface area contributed by atoms with E-state index >= 15 is 0 Å². The van der Waals surface area contributed by atoms with Crippen LogP contribution in [0.1, 0.15) is 43.0 Å². The molecule has 1 aromatic heterocycles. The number of benzene rings is 3. The van der Waals surface area contributed by atoms with Gasteiger partial charge in [0, 0.05) is 47.1 Å². The average Bonchev–Trinajstić information content (AvgIpc) is 3.06. The Kier molecular flexibility index (Phi) is 7.93. The van der Waals surface area contributed by atoms with Crippen LogP contribution in [0.25, 0.3) is 21.8 Å². The first-order valence-corrected chi connectivity index (χ1v) is 14.9. The fourth-order valence-electron chi connectivity index (χ4n) is 5.13. The highest BCUT2D eigenvalue weighted by molar-refractivity contribution is 7.89. The van der Waals surface area contributed by atoms with Gasteiger partial charge in [-0.05, 0) is 62.2 Å². The number of nitrogens with one attached hydrogen (secondary N) is 1. The summed E-state index contributed by atoms with van der Waals surface area (Å²) in [7, 11) is -3.87. The molecule has 3 aromatic carbocycles. The fourth-order valence-corrected chi connectivity index (χ4v) is 7.15. The molecule has 39 heavy (non-hydrogen) atoms. The first kappa shape index (κ1) is 27.2. The molecule has 10 heteroatoms. The number of aryl methyl sites for hydroxylation is 1. The number of anilines is 1. The number of rotatable bonds is 7. The summed E-state index contributed by atoms with van der Waals surface area (Å²) in [5.41, 5.74) is 2.78. The predicted octanol–water partition coefficient (Wildman–Crippen LogP) is 5.83. The summed E-state index contributed by atoms with van der Waals surface area (Å²) in [6, 6.07) is 17.7. The van der Waals surface area contributed by atoms with E-state index in [2.05, 4.69) is 22.9 Å². The number of esters is 1. The van der Waals surface area contributed by atoms with Crippen LogP contribution in [0.15, 0.2) is 65.6 Å². The van der Waals surface area contributed by atoms with E-state index in [4.69, 9.17) is 16.3 Å². The molecule has 0 bridgehead atoms. The van der Waals surface area contributed by atoms with Crippen molar-refractivity contribution in [1.82, 2.24) is 8.87 Å². The SMILES string of the molecule is CCn1c2ccccc2c2cc(NC(=O)COC(=O)c3ccc(Cl)c(S(=O)(=O)N4CCCCCC4)c3)ccc21. The van der Waals surface area contributed by atoms with Gasteiger partial charge in [0.15, 0.2) is 6.61 Å². The second-order valence-electron chi connectivity index (χ2n) is 9.58. The third kappa shape index (κ3) is 5.52. The molecule has 0 aliphatic carbocycles. The van der Waals surface area contributed by atoms with Crippen molar-refractivity contribution in [3.05, 3.63) is 71.2 Å². The van der Waals surface area contributed by atoms with Crippen molar-refractivity contribution >= 4 is 61.0 Å². The first-order valence-electron chi connectivity index (χ1n) is 13.1. The lowest BCUT2D eigenvalue weighted by molar-refractivity contribution is -0.119. The van der Waals surface area contributed by atoms with Gasteiger partial charge in [0.1, 0.15) is 4.90 Å². The highest BCUT2D eigenvalue weighted by Gasteiger charge is 2.28. The topological polar surface area (TPSA) is 97.7 Å². The Hall–Kier alpha value is -3.40. The number of fused-ring (bicyclic) bond motifs is 3. The minimum absolute atomic E-state index is 0.00870. The van der Waals surface area contributed by atoms with Gasteiger partial charge in [0.25, 0.3) is 5.91 Å². The molecule has 1 saturated heterocycles. The summed E-state index contributed by atoms with van der Waals surface area (Å²) in [6.07, 6.45) is 3.51. The smallest absolute Gasteiger partial charge is 0.338 e. The van der Waals surface area contributed by atoms with Crippen LogP contribution in [0.5, 0.6) is 0 Å². The molecule has 0 unspecified atom stereocenters. The molecule has 0 atom stereocenters. The molecule has 1 aliphatic rings. The second-order valence-corrected chi connectivity index (χ2v) is 11.9. The van der Waals surface area contributed by atoms with Gasteiger partial charge in [-0.1, -0.05) is 42.6 Å². The third-order valence-corrected chi connectivity index (χ3v) is 9.44. The number of ether oxygens (including phenoxy) is 1. The lowest BCUT2D eigenvalue weighted by atomic mass is 10.1. The van der Waals surface area contributed by atoms with E-state index in [0.29, 0.717) is 18.8 Å². The molecule has 0 saturated carbocycles. The van der Waals surface area contributed by atoms with Crippen molar-refractivity contribution < 1.29 is 22.7 Å². The lowest BCUT2D eigenvalue weighted by Crippen LogP contribution is -2.32. The molecular formula is C29H30ClN3O5S. The van der Waals surface area contributed by atoms with Gasteiger partial charge in [-0.15, -0.1) is 0 Å². The van der Waals surface area contributed by atoms with Gasteiger partial charge < -0.3 is 14.6 Å². The van der Waals surface area contributed by atoms with Gasteiger partial charge in [-0.3, -0.25) is 4.79 Å². The van der Waals surface area contributed by atoms with Crippen LogP contribution >= 0.6 is 11.6 Å². The molecule has 1 amide bonds. The van der Waals surface area contributed by atoms with E-state index in [0.717, 1.165) is 54.0 Å². The molecule has 4 aromatic rings. The predicted molar refractivity (Wildman–Crippen MR) is 153 cm³/mol. The molecule has 1 aliphatic heterocycles. The number of carbonyl (C=O) groups excluding carboxylic acids is 2. The van der Waals surface area contributed by atoms with Crippen molar-refractivity contribution in [2.45, 2.75) is 44.0 Å². The highest BCUT2D eigenvalue weighted by atomic mass is 35.5. The van der Waals surface area contributed by atoms with Crippen LogP contribution in [0.3, 0.4) is 0 Å². The molecule has 204 valence electrons. The summed E-state index contributed by atoms with van der Waals surface area (Å²) in [5, 5.41) is 4.92. The van der Waals surface area contributed by atoms with Crippen LogP contribution < -0.4 is 5.32 Å². The van der Waals surface area contributed by atoms with Crippen molar-refractivity contribution in [1.29, 1.82) is 0 Å². The van der Waals surface area contributed by atoms with E-state index in [1.54, 1.807) is 0 Å². The summed E-state index contributed by atoms with van der Waals surface area (Å²) in [5.74, 6) is -1.32. The van der Waals surface area contributed by atoms with Gasteiger partial charge in [0.2, 0.25) is 10.0 Å². The number of sulfonamides is 1. The average molecular weight is 568 g/mol. The number of hydrogen-bond acceptors (Lipinski definition) is 5. The quantitative estimate of drug-likeness (QED) is 0.283. The van der Waals surface area contributed by atoms with Crippen LogP contribution in [0.2, 0.25) is 5.02 Å². The molecular weight excluding hydrogens is 538 g/mol. The van der Waals surface area contributed by atoms with Crippen LogP contribution in [0.4, 0.5) is 5.69 Å². The molecule has 5 rings (SSSR count). The maximum atomic E-state index is 13.2. The van der Waals surface area contributed by atoms with Crippen LogP contribution in [0, 0.1) is 0 Å². The van der Waals surface area contributed by atoms with E-state index < -0.39 is 28.5 Å². The number of para-hydroxylation sites is 1. The Balaban J connectivity index is 1.28. The Morgan fingerprint density at radius 1 is 0.923 bits per heavy atom. The third-order valence-electron chi connectivity index (χ3n) is 7.06. The van der Waals surface area contributed by atoms with Gasteiger partial charge in [0.05, 0.1) is 10.6 Å². The van der Waals surface area contributed by atoms with Crippen molar-refractivity contribution in [3.8, 4) is 0 Å². The zero-order valence-electron chi connectivity index (χ0n) is 21.7. The maximum absolute atomic E-state index is 13.2. The highest BCUT2D eigenvalue weighted by Crippen LogP contribution is 2.31.